The fourth-order valence-electron chi connectivity index (χ4n) is 1.29. The number of anilines is 1. The van der Waals surface area contributed by atoms with Gasteiger partial charge in [-0.3, -0.25) is 0 Å². The summed E-state index contributed by atoms with van der Waals surface area (Å²) in [6.45, 7) is 0.00330. The minimum Gasteiger partial charge on any atom is -0.497 e. The van der Waals surface area contributed by atoms with Gasteiger partial charge in [0.15, 0.2) is 0 Å². The van der Waals surface area contributed by atoms with Crippen molar-refractivity contribution in [2.24, 2.45) is 5.73 Å². The van der Waals surface area contributed by atoms with E-state index in [1.54, 1.807) is 0 Å². The fourth-order valence-corrected chi connectivity index (χ4v) is 1.29. The number of hydrogen-bond acceptors (Lipinski definition) is 5. The van der Waals surface area contributed by atoms with Gasteiger partial charge < -0.3 is 20.5 Å². The molecule has 17 heavy (non-hydrogen) atoms. The van der Waals surface area contributed by atoms with Crippen LogP contribution in [0.3, 0.4) is 0 Å². The van der Waals surface area contributed by atoms with E-state index in [-0.39, 0.29) is 12.2 Å². The minimum atomic E-state index is -0.790. The van der Waals surface area contributed by atoms with Crippen LogP contribution in [0.15, 0.2) is 18.2 Å². The molecule has 1 atom stereocenters. The Morgan fingerprint density at radius 2 is 2.24 bits per heavy atom. The Hall–Kier alpha value is -1.82. The van der Waals surface area contributed by atoms with E-state index in [0.717, 1.165) is 0 Å². The third-order valence-electron chi connectivity index (χ3n) is 2.22. The highest BCUT2D eigenvalue weighted by Gasteiger charge is 2.18. The van der Waals surface area contributed by atoms with Crippen LogP contribution in [0.4, 0.5) is 10.1 Å². The first-order valence-corrected chi connectivity index (χ1v) is 5.00. The molecule has 1 unspecified atom stereocenters. The van der Waals surface area contributed by atoms with Crippen molar-refractivity contribution >= 4 is 11.7 Å². The largest absolute Gasteiger partial charge is 0.497 e. The SMILES string of the molecule is COC(=O)C(CN)Nc1cc(OC)ccc1F. The van der Waals surface area contributed by atoms with Gasteiger partial charge in [0.2, 0.25) is 0 Å². The molecular formula is C11H15FN2O3. The summed E-state index contributed by atoms with van der Waals surface area (Å²) < 4.78 is 23.0. The molecule has 0 aliphatic rings. The highest BCUT2D eigenvalue weighted by molar-refractivity contribution is 5.79. The Morgan fingerprint density at radius 1 is 1.53 bits per heavy atom. The number of halogens is 1. The summed E-state index contributed by atoms with van der Waals surface area (Å²) in [7, 11) is 2.71. The number of carbonyl (C=O) groups excluding carboxylic acids is 1. The van der Waals surface area contributed by atoms with Crippen molar-refractivity contribution in [3.63, 3.8) is 0 Å². The summed E-state index contributed by atoms with van der Waals surface area (Å²) in [5.41, 5.74) is 5.54. The third kappa shape index (κ3) is 3.32. The summed E-state index contributed by atoms with van der Waals surface area (Å²) in [5, 5.41) is 2.67. The molecule has 0 fully saturated rings. The van der Waals surface area contributed by atoms with E-state index in [4.69, 9.17) is 10.5 Å². The maximum absolute atomic E-state index is 13.5. The topological polar surface area (TPSA) is 73.6 Å². The van der Waals surface area contributed by atoms with Crippen molar-refractivity contribution in [2.75, 3.05) is 26.1 Å². The van der Waals surface area contributed by atoms with Gasteiger partial charge in [0, 0.05) is 12.6 Å². The Labute approximate surface area is 98.7 Å². The molecule has 6 heteroatoms. The highest BCUT2D eigenvalue weighted by atomic mass is 19.1. The minimum absolute atomic E-state index is 0.00330. The molecule has 0 bridgehead atoms. The van der Waals surface area contributed by atoms with Gasteiger partial charge in [0.25, 0.3) is 0 Å². The second kappa shape index (κ2) is 6.05. The van der Waals surface area contributed by atoms with Crippen LogP contribution in [0.25, 0.3) is 0 Å². The molecule has 1 aromatic carbocycles. The summed E-state index contributed by atoms with van der Waals surface area (Å²) >= 11 is 0. The molecule has 0 spiro atoms. The summed E-state index contributed by atoms with van der Waals surface area (Å²) in [5.74, 6) is -0.558. The van der Waals surface area contributed by atoms with Crippen LogP contribution in [-0.4, -0.2) is 32.8 Å². The van der Waals surface area contributed by atoms with Crippen LogP contribution >= 0.6 is 0 Å². The van der Waals surface area contributed by atoms with E-state index in [0.29, 0.717) is 5.75 Å². The van der Waals surface area contributed by atoms with E-state index >= 15 is 0 Å². The van der Waals surface area contributed by atoms with Gasteiger partial charge >= 0.3 is 5.97 Å². The standard InChI is InChI=1S/C11H15FN2O3/c1-16-7-3-4-8(12)9(5-7)14-10(6-13)11(15)17-2/h3-5,10,14H,6,13H2,1-2H3. The average Bonchev–Trinajstić information content (AvgIpc) is 2.36. The molecule has 3 N–H and O–H groups in total. The van der Waals surface area contributed by atoms with E-state index in [2.05, 4.69) is 10.1 Å². The Morgan fingerprint density at radius 3 is 2.76 bits per heavy atom. The number of nitrogens with one attached hydrogen (secondary N) is 1. The molecule has 0 aromatic heterocycles. The Bertz CT molecular complexity index is 398. The van der Waals surface area contributed by atoms with E-state index in [1.807, 2.05) is 0 Å². The number of carbonyl (C=O) groups is 1. The maximum Gasteiger partial charge on any atom is 0.329 e. The molecule has 0 amide bonds. The first-order valence-electron chi connectivity index (χ1n) is 5.00. The van der Waals surface area contributed by atoms with Crippen LogP contribution in [0.2, 0.25) is 0 Å². The zero-order valence-corrected chi connectivity index (χ0v) is 9.70. The average molecular weight is 242 g/mol. The van der Waals surface area contributed by atoms with Gasteiger partial charge in [-0.05, 0) is 12.1 Å². The second-order valence-electron chi connectivity index (χ2n) is 3.30. The van der Waals surface area contributed by atoms with Crippen LogP contribution in [0.5, 0.6) is 5.75 Å². The summed E-state index contributed by atoms with van der Waals surface area (Å²) in [6, 6.07) is 3.38. The molecule has 1 aromatic rings. The van der Waals surface area contributed by atoms with E-state index in [1.165, 1.54) is 32.4 Å². The molecular weight excluding hydrogens is 227 g/mol. The summed E-state index contributed by atoms with van der Waals surface area (Å²) in [4.78, 5) is 11.3. The Balaban J connectivity index is 2.88. The van der Waals surface area contributed by atoms with Gasteiger partial charge in [-0.25, -0.2) is 9.18 Å². The number of esters is 1. The molecule has 94 valence electrons. The van der Waals surface area contributed by atoms with Crippen molar-refractivity contribution in [3.05, 3.63) is 24.0 Å². The Kier molecular flexibility index (Phi) is 4.71. The number of methoxy groups -OCH3 is 2. The number of ether oxygens (including phenoxy) is 2. The lowest BCUT2D eigenvalue weighted by molar-refractivity contribution is -0.141. The zero-order valence-electron chi connectivity index (χ0n) is 9.70. The highest BCUT2D eigenvalue weighted by Crippen LogP contribution is 2.21. The van der Waals surface area contributed by atoms with Crippen molar-refractivity contribution in [1.29, 1.82) is 0 Å². The number of rotatable bonds is 5. The van der Waals surface area contributed by atoms with Crippen molar-refractivity contribution in [1.82, 2.24) is 0 Å². The quantitative estimate of drug-likeness (QED) is 0.745. The lowest BCUT2D eigenvalue weighted by Gasteiger charge is -2.16. The van der Waals surface area contributed by atoms with Gasteiger partial charge in [-0.15, -0.1) is 0 Å². The molecule has 0 saturated heterocycles. The number of hydrogen-bond donors (Lipinski definition) is 2. The second-order valence-corrected chi connectivity index (χ2v) is 3.30. The molecule has 1 rings (SSSR count). The van der Waals surface area contributed by atoms with Gasteiger partial charge in [-0.1, -0.05) is 0 Å². The fraction of sp³-hybridized carbons (Fsp3) is 0.364. The van der Waals surface area contributed by atoms with Gasteiger partial charge in [-0.2, -0.15) is 0 Å². The summed E-state index contributed by atoms with van der Waals surface area (Å²) in [6.07, 6.45) is 0. The lowest BCUT2D eigenvalue weighted by Crippen LogP contribution is -2.37. The molecule has 0 aliphatic heterocycles. The van der Waals surface area contributed by atoms with Gasteiger partial charge in [0.05, 0.1) is 19.9 Å². The first kappa shape index (κ1) is 13.2. The van der Waals surface area contributed by atoms with Crippen LogP contribution in [-0.2, 0) is 9.53 Å². The normalized spacial score (nSPS) is 11.8. The zero-order chi connectivity index (χ0) is 12.8. The molecule has 5 nitrogen and oxygen atoms in total. The smallest absolute Gasteiger partial charge is 0.329 e. The van der Waals surface area contributed by atoms with Crippen LogP contribution in [0, 0.1) is 5.82 Å². The molecule has 0 radical (unpaired) electrons. The predicted octanol–water partition coefficient (Wildman–Crippen LogP) is 0.746. The van der Waals surface area contributed by atoms with Crippen LogP contribution in [0.1, 0.15) is 0 Å². The van der Waals surface area contributed by atoms with E-state index in [9.17, 15) is 9.18 Å². The molecule has 0 heterocycles. The van der Waals surface area contributed by atoms with Gasteiger partial charge in [0.1, 0.15) is 17.6 Å². The predicted molar refractivity (Wildman–Crippen MR) is 61.4 cm³/mol. The first-order chi connectivity index (χ1) is 8.12. The van der Waals surface area contributed by atoms with Crippen LogP contribution < -0.4 is 15.8 Å². The lowest BCUT2D eigenvalue weighted by atomic mass is 10.2. The molecule has 0 aliphatic carbocycles. The number of benzene rings is 1. The van der Waals surface area contributed by atoms with Crippen molar-refractivity contribution < 1.29 is 18.7 Å². The van der Waals surface area contributed by atoms with Crippen molar-refractivity contribution in [3.8, 4) is 5.75 Å². The van der Waals surface area contributed by atoms with E-state index < -0.39 is 17.8 Å². The monoisotopic (exact) mass is 242 g/mol. The third-order valence-corrected chi connectivity index (χ3v) is 2.22. The molecule has 0 saturated carbocycles. The van der Waals surface area contributed by atoms with Crippen molar-refractivity contribution in [2.45, 2.75) is 6.04 Å². The maximum atomic E-state index is 13.5. The number of nitrogens with two attached hydrogens (primary N) is 1.